The molecule has 0 unspecified atom stereocenters. The Morgan fingerprint density at radius 3 is 2.56 bits per heavy atom. The maximum absolute atomic E-state index is 12.4. The van der Waals surface area contributed by atoms with Gasteiger partial charge in [-0.2, -0.15) is 0 Å². The largest absolute Gasteiger partial charge is 0.381 e. The zero-order chi connectivity index (χ0) is 13.9. The van der Waals surface area contributed by atoms with Crippen LogP contribution in [0, 0.1) is 11.8 Å². The van der Waals surface area contributed by atoms with Crippen LogP contribution >= 0.6 is 24.0 Å². The van der Waals surface area contributed by atoms with Crippen molar-refractivity contribution in [2.75, 3.05) is 12.9 Å². The first-order valence-electron chi connectivity index (χ1n) is 6.40. The number of thioether (sulfide) groups is 1. The van der Waals surface area contributed by atoms with E-state index in [2.05, 4.69) is 27.7 Å². The van der Waals surface area contributed by atoms with Gasteiger partial charge in [-0.05, 0) is 11.8 Å². The van der Waals surface area contributed by atoms with Crippen molar-refractivity contribution in [2.45, 2.75) is 46.3 Å². The number of hydrogen-bond acceptors (Lipinski definition) is 4. The van der Waals surface area contributed by atoms with E-state index in [1.165, 1.54) is 0 Å². The van der Waals surface area contributed by atoms with E-state index in [1.54, 1.807) is 23.8 Å². The van der Waals surface area contributed by atoms with Crippen LogP contribution < -0.4 is 0 Å². The Morgan fingerprint density at radius 1 is 1.50 bits per heavy atom. The van der Waals surface area contributed by atoms with Gasteiger partial charge in [0.15, 0.2) is 0 Å². The molecule has 3 nitrogen and oxygen atoms in total. The van der Waals surface area contributed by atoms with Gasteiger partial charge in [-0.3, -0.25) is 9.69 Å². The number of amides is 1. The highest BCUT2D eigenvalue weighted by Gasteiger charge is 2.36. The summed E-state index contributed by atoms with van der Waals surface area (Å²) in [6.45, 7) is 8.40. The van der Waals surface area contributed by atoms with Crippen LogP contribution in [0.3, 0.4) is 0 Å². The first-order chi connectivity index (χ1) is 8.38. The van der Waals surface area contributed by atoms with Gasteiger partial charge in [0.05, 0.1) is 12.5 Å². The monoisotopic (exact) mass is 289 g/mol. The summed E-state index contributed by atoms with van der Waals surface area (Å²) in [5, 5.41) is 0. The molecule has 2 atom stereocenters. The minimum atomic E-state index is -0.0290. The van der Waals surface area contributed by atoms with Gasteiger partial charge in [-0.1, -0.05) is 51.7 Å². The van der Waals surface area contributed by atoms with Gasteiger partial charge in [0.25, 0.3) is 0 Å². The quantitative estimate of drug-likeness (QED) is 0.728. The Hall–Kier alpha value is -0.130. The molecule has 104 valence electrons. The molecule has 0 N–H and O–H groups in total. The lowest BCUT2D eigenvalue weighted by atomic mass is 10.0. The molecule has 1 heterocycles. The molecule has 0 aliphatic carbocycles. The van der Waals surface area contributed by atoms with Crippen LogP contribution in [0.25, 0.3) is 0 Å². The lowest BCUT2D eigenvalue weighted by Gasteiger charge is -2.28. The van der Waals surface area contributed by atoms with E-state index in [0.29, 0.717) is 18.3 Å². The summed E-state index contributed by atoms with van der Waals surface area (Å²) >= 11 is 6.90. The predicted octanol–water partition coefficient (Wildman–Crippen LogP) is 2.93. The number of rotatable bonds is 5. The molecule has 1 saturated heterocycles. The van der Waals surface area contributed by atoms with Gasteiger partial charge in [0, 0.05) is 18.9 Å². The Bertz CT molecular complexity index is 318. The topological polar surface area (TPSA) is 29.5 Å². The number of carbonyl (C=O) groups is 1. The third-order valence-corrected chi connectivity index (χ3v) is 4.87. The third kappa shape index (κ3) is 3.68. The molecule has 1 aliphatic rings. The van der Waals surface area contributed by atoms with Gasteiger partial charge < -0.3 is 4.74 Å². The maximum atomic E-state index is 12.4. The standard InChI is InChI=1S/C13H23NO2S2/c1-8(2)10-7-18-13(17)14(10)12(15)6-11(16-5)9(3)4/h8-11H,6-7H2,1-5H3/t10-,11+/m1/s1. The normalized spacial score (nSPS) is 22.1. The summed E-state index contributed by atoms with van der Waals surface area (Å²) in [4.78, 5) is 14.2. The summed E-state index contributed by atoms with van der Waals surface area (Å²) in [6.07, 6.45) is 0.386. The fraction of sp³-hybridized carbons (Fsp3) is 0.846. The summed E-state index contributed by atoms with van der Waals surface area (Å²) in [5.74, 6) is 1.79. The minimum Gasteiger partial charge on any atom is -0.381 e. The summed E-state index contributed by atoms with van der Waals surface area (Å²) < 4.78 is 6.10. The summed E-state index contributed by atoms with van der Waals surface area (Å²) in [7, 11) is 1.66. The van der Waals surface area contributed by atoms with Crippen molar-refractivity contribution < 1.29 is 9.53 Å². The van der Waals surface area contributed by atoms with Crippen molar-refractivity contribution in [1.82, 2.24) is 4.90 Å². The van der Waals surface area contributed by atoms with E-state index in [1.807, 2.05) is 0 Å². The molecule has 5 heteroatoms. The van der Waals surface area contributed by atoms with Crippen LogP contribution in [-0.4, -0.2) is 40.1 Å². The van der Waals surface area contributed by atoms with Gasteiger partial charge in [0.2, 0.25) is 5.91 Å². The van der Waals surface area contributed by atoms with Crippen LogP contribution in [0.1, 0.15) is 34.1 Å². The SMILES string of the molecule is CO[C@@H](CC(=O)N1C(=S)SC[C@@H]1C(C)C)C(C)C. The van der Waals surface area contributed by atoms with E-state index in [-0.39, 0.29) is 18.1 Å². The van der Waals surface area contributed by atoms with Crippen molar-refractivity contribution in [3.05, 3.63) is 0 Å². The van der Waals surface area contributed by atoms with E-state index >= 15 is 0 Å². The second-order valence-electron chi connectivity index (χ2n) is 5.37. The molecule has 0 bridgehead atoms. The van der Waals surface area contributed by atoms with Crippen molar-refractivity contribution in [3.8, 4) is 0 Å². The van der Waals surface area contributed by atoms with Gasteiger partial charge >= 0.3 is 0 Å². The number of thiocarbonyl (C=S) groups is 1. The highest BCUT2D eigenvalue weighted by Crippen LogP contribution is 2.30. The van der Waals surface area contributed by atoms with Crippen LogP contribution in [0.15, 0.2) is 0 Å². The fourth-order valence-electron chi connectivity index (χ4n) is 2.08. The molecule has 1 amide bonds. The molecule has 0 spiro atoms. The van der Waals surface area contributed by atoms with Crippen LogP contribution in [-0.2, 0) is 9.53 Å². The molecule has 0 saturated carbocycles. The second kappa shape index (κ2) is 6.87. The van der Waals surface area contributed by atoms with Crippen LogP contribution in [0.4, 0.5) is 0 Å². The summed E-state index contributed by atoms with van der Waals surface area (Å²) in [6, 6.07) is 0.236. The molecule has 0 aromatic carbocycles. The zero-order valence-electron chi connectivity index (χ0n) is 11.8. The number of methoxy groups -OCH3 is 1. The number of hydrogen-bond donors (Lipinski definition) is 0. The molecule has 0 aromatic rings. The van der Waals surface area contributed by atoms with Crippen LogP contribution in [0.5, 0.6) is 0 Å². The Balaban J connectivity index is 2.72. The number of nitrogens with zero attached hydrogens (tertiary/aromatic N) is 1. The van der Waals surface area contributed by atoms with Gasteiger partial charge in [0.1, 0.15) is 4.32 Å². The lowest BCUT2D eigenvalue weighted by Crippen LogP contribution is -2.43. The van der Waals surface area contributed by atoms with Crippen molar-refractivity contribution >= 4 is 34.2 Å². The average molecular weight is 289 g/mol. The van der Waals surface area contributed by atoms with Gasteiger partial charge in [-0.25, -0.2) is 0 Å². The summed E-state index contributed by atoms with van der Waals surface area (Å²) in [5.41, 5.74) is 0. The Labute approximate surface area is 120 Å². The second-order valence-corrected chi connectivity index (χ2v) is 7.03. The molecule has 0 aromatic heterocycles. The van der Waals surface area contributed by atoms with Gasteiger partial charge in [-0.15, -0.1) is 0 Å². The fourth-order valence-corrected chi connectivity index (χ4v) is 3.74. The smallest absolute Gasteiger partial charge is 0.230 e. The molecule has 18 heavy (non-hydrogen) atoms. The lowest BCUT2D eigenvalue weighted by molar-refractivity contribution is -0.132. The highest BCUT2D eigenvalue weighted by atomic mass is 32.2. The molecule has 1 fully saturated rings. The average Bonchev–Trinajstić information content (AvgIpc) is 2.67. The molecule has 1 rings (SSSR count). The first-order valence-corrected chi connectivity index (χ1v) is 7.79. The van der Waals surface area contributed by atoms with E-state index in [0.717, 1.165) is 10.1 Å². The third-order valence-electron chi connectivity index (χ3n) is 3.37. The predicted molar refractivity (Wildman–Crippen MR) is 80.8 cm³/mol. The molecular formula is C13H23NO2S2. The first kappa shape index (κ1) is 15.9. The van der Waals surface area contributed by atoms with Crippen molar-refractivity contribution in [2.24, 2.45) is 11.8 Å². The van der Waals surface area contributed by atoms with Crippen molar-refractivity contribution in [3.63, 3.8) is 0 Å². The van der Waals surface area contributed by atoms with E-state index in [9.17, 15) is 4.79 Å². The van der Waals surface area contributed by atoms with Crippen molar-refractivity contribution in [1.29, 1.82) is 0 Å². The Kier molecular flexibility index (Phi) is 6.08. The number of ether oxygens (including phenoxy) is 1. The maximum Gasteiger partial charge on any atom is 0.230 e. The molecule has 0 radical (unpaired) electrons. The zero-order valence-corrected chi connectivity index (χ0v) is 13.4. The van der Waals surface area contributed by atoms with E-state index in [4.69, 9.17) is 17.0 Å². The van der Waals surface area contributed by atoms with Crippen LogP contribution in [0.2, 0.25) is 0 Å². The minimum absolute atomic E-state index is 0.0290. The molecule has 1 aliphatic heterocycles. The highest BCUT2D eigenvalue weighted by molar-refractivity contribution is 8.23. The van der Waals surface area contributed by atoms with E-state index < -0.39 is 0 Å². The number of carbonyl (C=O) groups excluding carboxylic acids is 1. The Morgan fingerprint density at radius 2 is 2.11 bits per heavy atom. The molecular weight excluding hydrogens is 266 g/mol.